The van der Waals surface area contributed by atoms with E-state index in [1.807, 2.05) is 30.3 Å². The van der Waals surface area contributed by atoms with Crippen molar-refractivity contribution in [2.24, 2.45) is 5.92 Å². The summed E-state index contributed by atoms with van der Waals surface area (Å²) >= 11 is 0. The third kappa shape index (κ3) is 5.34. The van der Waals surface area contributed by atoms with Gasteiger partial charge in [-0.25, -0.2) is 9.18 Å². The van der Waals surface area contributed by atoms with Crippen LogP contribution >= 0.6 is 0 Å². The van der Waals surface area contributed by atoms with Crippen molar-refractivity contribution in [2.45, 2.75) is 12.8 Å². The van der Waals surface area contributed by atoms with Crippen LogP contribution < -0.4 is 10.1 Å². The number of carbonyl (C=O) groups is 3. The van der Waals surface area contributed by atoms with Gasteiger partial charge in [-0.3, -0.25) is 9.59 Å². The molecule has 1 heterocycles. The zero-order valence-electron chi connectivity index (χ0n) is 16.6. The van der Waals surface area contributed by atoms with Crippen molar-refractivity contribution in [1.29, 1.82) is 0 Å². The molecule has 158 valence electrons. The van der Waals surface area contributed by atoms with Crippen molar-refractivity contribution >= 4 is 23.5 Å². The molecule has 30 heavy (non-hydrogen) atoms. The minimum atomic E-state index is -0.916. The molecule has 0 radical (unpaired) electrons. The molecule has 0 aliphatic carbocycles. The highest BCUT2D eigenvalue weighted by atomic mass is 19.1. The summed E-state index contributed by atoms with van der Waals surface area (Å²) in [5.74, 6) is -2.06. The van der Waals surface area contributed by atoms with Crippen LogP contribution in [-0.2, 0) is 14.3 Å². The number of halogens is 1. The fraction of sp³-hybridized carbons (Fsp3) is 0.318. The monoisotopic (exact) mass is 414 g/mol. The molecule has 1 aliphatic rings. The zero-order valence-corrected chi connectivity index (χ0v) is 16.6. The van der Waals surface area contributed by atoms with Crippen LogP contribution in [0.25, 0.3) is 0 Å². The highest BCUT2D eigenvalue weighted by Crippen LogP contribution is 2.20. The first-order valence-corrected chi connectivity index (χ1v) is 9.62. The fourth-order valence-corrected chi connectivity index (χ4v) is 3.24. The maximum absolute atomic E-state index is 13.9. The first-order chi connectivity index (χ1) is 14.5. The lowest BCUT2D eigenvalue weighted by molar-refractivity contribution is -0.137. The molecule has 0 saturated carbocycles. The van der Waals surface area contributed by atoms with Crippen molar-refractivity contribution in [3.05, 3.63) is 59.9 Å². The lowest BCUT2D eigenvalue weighted by Crippen LogP contribution is -2.43. The molecule has 8 heteroatoms. The Morgan fingerprint density at radius 2 is 1.80 bits per heavy atom. The molecule has 1 fully saturated rings. The van der Waals surface area contributed by atoms with Gasteiger partial charge in [-0.15, -0.1) is 0 Å². The summed E-state index contributed by atoms with van der Waals surface area (Å²) in [5, 5.41) is 2.87. The van der Waals surface area contributed by atoms with Gasteiger partial charge in [0, 0.05) is 30.8 Å². The van der Waals surface area contributed by atoms with Crippen LogP contribution in [0.3, 0.4) is 0 Å². The quantitative estimate of drug-likeness (QED) is 0.735. The Morgan fingerprint density at radius 3 is 2.43 bits per heavy atom. The van der Waals surface area contributed by atoms with E-state index < -0.39 is 18.4 Å². The number of nitrogens with zero attached hydrogens (tertiary/aromatic N) is 1. The van der Waals surface area contributed by atoms with Crippen molar-refractivity contribution in [3.8, 4) is 5.75 Å². The number of anilines is 1. The summed E-state index contributed by atoms with van der Waals surface area (Å²) in [6.45, 7) is 0.297. The van der Waals surface area contributed by atoms with Crippen LogP contribution in [0.5, 0.6) is 5.75 Å². The Kier molecular flexibility index (Phi) is 7.00. The van der Waals surface area contributed by atoms with E-state index in [-0.39, 0.29) is 29.0 Å². The van der Waals surface area contributed by atoms with E-state index in [4.69, 9.17) is 9.47 Å². The molecule has 0 aromatic heterocycles. The molecular weight excluding hydrogens is 391 g/mol. The van der Waals surface area contributed by atoms with Crippen LogP contribution in [0.15, 0.2) is 48.5 Å². The molecule has 2 aromatic carbocycles. The van der Waals surface area contributed by atoms with Gasteiger partial charge in [0.15, 0.2) is 6.61 Å². The molecule has 1 N–H and O–H groups in total. The van der Waals surface area contributed by atoms with Gasteiger partial charge in [-0.2, -0.15) is 0 Å². The maximum atomic E-state index is 13.9. The van der Waals surface area contributed by atoms with Crippen LogP contribution in [0.2, 0.25) is 0 Å². The summed E-state index contributed by atoms with van der Waals surface area (Å²) in [6.07, 6.45) is 1.04. The number of hydrogen-bond acceptors (Lipinski definition) is 5. The van der Waals surface area contributed by atoms with Crippen LogP contribution in [0.4, 0.5) is 10.1 Å². The lowest BCUT2D eigenvalue weighted by atomic mass is 9.95. The second-order valence-corrected chi connectivity index (χ2v) is 6.93. The SMILES string of the molecule is COc1ccc(C(=O)OCC(=O)N2CCC(C(=O)Nc3ccccc3)CC2)c(F)c1. The van der Waals surface area contributed by atoms with Crippen molar-refractivity contribution in [3.63, 3.8) is 0 Å². The van der Waals surface area contributed by atoms with E-state index in [1.54, 1.807) is 4.90 Å². The van der Waals surface area contributed by atoms with Crippen LogP contribution in [0, 0.1) is 11.7 Å². The molecule has 3 rings (SSSR count). The van der Waals surface area contributed by atoms with Crippen molar-refractivity contribution < 1.29 is 28.2 Å². The fourth-order valence-electron chi connectivity index (χ4n) is 3.24. The molecule has 0 bridgehead atoms. The van der Waals surface area contributed by atoms with Crippen molar-refractivity contribution in [1.82, 2.24) is 4.90 Å². The number of hydrogen-bond donors (Lipinski definition) is 1. The number of methoxy groups -OCH3 is 1. The van der Waals surface area contributed by atoms with E-state index in [0.717, 1.165) is 11.8 Å². The minimum Gasteiger partial charge on any atom is -0.497 e. The number of esters is 1. The van der Waals surface area contributed by atoms with Gasteiger partial charge < -0.3 is 19.7 Å². The van der Waals surface area contributed by atoms with Gasteiger partial charge in [-0.1, -0.05) is 18.2 Å². The number of nitrogens with one attached hydrogen (secondary N) is 1. The molecule has 0 unspecified atom stereocenters. The smallest absolute Gasteiger partial charge is 0.341 e. The molecule has 1 saturated heterocycles. The highest BCUT2D eigenvalue weighted by Gasteiger charge is 2.28. The van der Waals surface area contributed by atoms with E-state index in [1.165, 1.54) is 19.2 Å². The normalized spacial score (nSPS) is 14.1. The maximum Gasteiger partial charge on any atom is 0.341 e. The average Bonchev–Trinajstić information content (AvgIpc) is 2.77. The molecule has 2 amide bonds. The van der Waals surface area contributed by atoms with E-state index >= 15 is 0 Å². The molecular formula is C22H23FN2O5. The van der Waals surface area contributed by atoms with E-state index in [9.17, 15) is 18.8 Å². The van der Waals surface area contributed by atoms with Gasteiger partial charge in [0.2, 0.25) is 5.91 Å². The van der Waals surface area contributed by atoms with Gasteiger partial charge in [-0.05, 0) is 37.1 Å². The van der Waals surface area contributed by atoms with Gasteiger partial charge in [0.1, 0.15) is 11.6 Å². The van der Waals surface area contributed by atoms with Crippen LogP contribution in [0.1, 0.15) is 23.2 Å². The number of para-hydroxylation sites is 1. The Morgan fingerprint density at radius 1 is 1.10 bits per heavy atom. The molecule has 7 nitrogen and oxygen atoms in total. The Balaban J connectivity index is 1.45. The Hall–Kier alpha value is -3.42. The largest absolute Gasteiger partial charge is 0.497 e. The number of ether oxygens (including phenoxy) is 2. The molecule has 2 aromatic rings. The first-order valence-electron chi connectivity index (χ1n) is 9.62. The number of benzene rings is 2. The molecule has 0 spiro atoms. The zero-order chi connectivity index (χ0) is 21.5. The highest BCUT2D eigenvalue weighted by molar-refractivity contribution is 5.93. The topological polar surface area (TPSA) is 84.9 Å². The summed E-state index contributed by atoms with van der Waals surface area (Å²) in [7, 11) is 1.39. The van der Waals surface area contributed by atoms with Crippen LogP contribution in [-0.4, -0.2) is 49.5 Å². The lowest BCUT2D eigenvalue weighted by Gasteiger charge is -2.31. The predicted molar refractivity (Wildman–Crippen MR) is 108 cm³/mol. The summed E-state index contributed by atoms with van der Waals surface area (Å²) in [4.78, 5) is 38.3. The van der Waals surface area contributed by atoms with E-state index in [0.29, 0.717) is 25.9 Å². The first kappa shape index (κ1) is 21.3. The minimum absolute atomic E-state index is 0.0743. The second kappa shape index (κ2) is 9.87. The third-order valence-electron chi connectivity index (χ3n) is 4.98. The number of carbonyl (C=O) groups excluding carboxylic acids is 3. The predicted octanol–water partition coefficient (Wildman–Crippen LogP) is 2.87. The van der Waals surface area contributed by atoms with E-state index in [2.05, 4.69) is 5.32 Å². The Bertz CT molecular complexity index is 911. The van der Waals surface area contributed by atoms with Gasteiger partial charge >= 0.3 is 5.97 Å². The Labute approximate surface area is 173 Å². The number of likely N-dealkylation sites (tertiary alicyclic amines) is 1. The molecule has 1 aliphatic heterocycles. The standard InChI is InChI=1S/C22H23FN2O5/c1-29-17-7-8-18(19(23)13-17)22(28)30-14-20(26)25-11-9-15(10-12-25)21(27)24-16-5-3-2-4-6-16/h2-8,13,15H,9-12,14H2,1H3,(H,24,27). The van der Waals surface area contributed by atoms with Gasteiger partial charge in [0.25, 0.3) is 5.91 Å². The number of amides is 2. The second-order valence-electron chi connectivity index (χ2n) is 6.93. The molecule has 0 atom stereocenters. The average molecular weight is 414 g/mol. The summed E-state index contributed by atoms with van der Waals surface area (Å²) in [6, 6.07) is 12.9. The number of piperidine rings is 1. The third-order valence-corrected chi connectivity index (χ3v) is 4.98. The summed E-state index contributed by atoms with van der Waals surface area (Å²) in [5.41, 5.74) is 0.471. The summed E-state index contributed by atoms with van der Waals surface area (Å²) < 4.78 is 23.8. The van der Waals surface area contributed by atoms with Crippen molar-refractivity contribution in [2.75, 3.05) is 32.1 Å². The number of rotatable bonds is 6. The van der Waals surface area contributed by atoms with Gasteiger partial charge in [0.05, 0.1) is 12.7 Å².